The van der Waals surface area contributed by atoms with E-state index in [0.29, 0.717) is 13.1 Å². The summed E-state index contributed by atoms with van der Waals surface area (Å²) in [6, 6.07) is 21.8. The van der Waals surface area contributed by atoms with E-state index in [2.05, 4.69) is 35.2 Å². The van der Waals surface area contributed by atoms with Crippen LogP contribution in [0.2, 0.25) is 0 Å². The number of hydrogen-bond acceptors (Lipinski definition) is 4. The number of amides is 2. The van der Waals surface area contributed by atoms with Gasteiger partial charge in [-0.15, -0.1) is 0 Å². The first-order valence-electron chi connectivity index (χ1n) is 10.9. The summed E-state index contributed by atoms with van der Waals surface area (Å²) < 4.78 is 0. The van der Waals surface area contributed by atoms with E-state index in [1.807, 2.05) is 41.3 Å². The van der Waals surface area contributed by atoms with Crippen molar-refractivity contribution in [1.82, 2.24) is 9.80 Å². The fourth-order valence-corrected chi connectivity index (χ4v) is 3.89. The van der Waals surface area contributed by atoms with Crippen LogP contribution in [0, 0.1) is 11.3 Å². The quantitative estimate of drug-likeness (QED) is 0.659. The minimum atomic E-state index is -0.115. The van der Waals surface area contributed by atoms with Crippen molar-refractivity contribution in [2.75, 3.05) is 37.6 Å². The second-order valence-corrected chi connectivity index (χ2v) is 7.79. The van der Waals surface area contributed by atoms with Gasteiger partial charge in [0.1, 0.15) is 0 Å². The Morgan fingerprint density at radius 2 is 1.61 bits per heavy atom. The van der Waals surface area contributed by atoms with Crippen molar-refractivity contribution in [3.8, 4) is 6.07 Å². The molecule has 0 spiro atoms. The standard InChI is InChI=1S/C25H30N4O2/c26-15-7-18-29(23-11-5-2-6-12-23)25(31)14-13-24(30)28-17-8-16-27(19-20-28)21-22-9-3-1-4-10-22/h1-6,9-12H,7-8,13-14,16-21H2. The predicted molar refractivity (Wildman–Crippen MR) is 121 cm³/mol. The first-order valence-corrected chi connectivity index (χ1v) is 10.9. The van der Waals surface area contributed by atoms with Gasteiger partial charge in [0.15, 0.2) is 0 Å². The van der Waals surface area contributed by atoms with Gasteiger partial charge in [-0.2, -0.15) is 5.26 Å². The van der Waals surface area contributed by atoms with Crippen molar-refractivity contribution in [2.24, 2.45) is 0 Å². The first kappa shape index (κ1) is 22.5. The Morgan fingerprint density at radius 1 is 0.903 bits per heavy atom. The lowest BCUT2D eigenvalue weighted by Gasteiger charge is -2.24. The van der Waals surface area contributed by atoms with Crippen molar-refractivity contribution in [3.63, 3.8) is 0 Å². The van der Waals surface area contributed by atoms with Gasteiger partial charge in [0.25, 0.3) is 0 Å². The molecule has 0 saturated carbocycles. The zero-order valence-electron chi connectivity index (χ0n) is 17.9. The van der Waals surface area contributed by atoms with E-state index in [1.165, 1.54) is 5.56 Å². The topological polar surface area (TPSA) is 67.6 Å². The molecular formula is C25H30N4O2. The second kappa shape index (κ2) is 11.9. The molecule has 1 saturated heterocycles. The molecule has 2 amide bonds. The van der Waals surface area contributed by atoms with Gasteiger partial charge in [-0.3, -0.25) is 14.5 Å². The van der Waals surface area contributed by atoms with Gasteiger partial charge in [-0.25, -0.2) is 0 Å². The number of anilines is 1. The van der Waals surface area contributed by atoms with Crippen LogP contribution < -0.4 is 4.90 Å². The largest absolute Gasteiger partial charge is 0.341 e. The molecule has 31 heavy (non-hydrogen) atoms. The van der Waals surface area contributed by atoms with Crippen LogP contribution in [0.25, 0.3) is 0 Å². The van der Waals surface area contributed by atoms with E-state index in [4.69, 9.17) is 5.26 Å². The number of carbonyl (C=O) groups is 2. The summed E-state index contributed by atoms with van der Waals surface area (Å²) in [5.41, 5.74) is 2.05. The second-order valence-electron chi connectivity index (χ2n) is 7.79. The fourth-order valence-electron chi connectivity index (χ4n) is 3.89. The molecule has 1 fully saturated rings. The van der Waals surface area contributed by atoms with Crippen molar-refractivity contribution >= 4 is 17.5 Å². The zero-order chi connectivity index (χ0) is 21.9. The third-order valence-corrected chi connectivity index (χ3v) is 5.56. The molecular weight excluding hydrogens is 388 g/mol. The lowest BCUT2D eigenvalue weighted by molar-refractivity contribution is -0.133. The van der Waals surface area contributed by atoms with Crippen LogP contribution in [0.1, 0.15) is 31.2 Å². The molecule has 2 aromatic rings. The van der Waals surface area contributed by atoms with Crippen LogP contribution in [-0.2, 0) is 16.1 Å². The molecule has 1 aliphatic heterocycles. The molecule has 0 atom stereocenters. The molecule has 162 valence electrons. The molecule has 0 aliphatic carbocycles. The predicted octanol–water partition coefficient (Wildman–Crippen LogP) is 3.45. The molecule has 0 radical (unpaired) electrons. The van der Waals surface area contributed by atoms with Gasteiger partial charge in [0.2, 0.25) is 11.8 Å². The lowest BCUT2D eigenvalue weighted by Crippen LogP contribution is -2.37. The van der Waals surface area contributed by atoms with E-state index in [1.54, 1.807) is 4.90 Å². The number of rotatable bonds is 8. The SMILES string of the molecule is N#CCCN(C(=O)CCC(=O)N1CCCN(Cc2ccccc2)CC1)c1ccccc1. The third kappa shape index (κ3) is 6.94. The van der Waals surface area contributed by atoms with Gasteiger partial charge < -0.3 is 9.80 Å². The van der Waals surface area contributed by atoms with Crippen LogP contribution >= 0.6 is 0 Å². The number of nitrogens with zero attached hydrogens (tertiary/aromatic N) is 4. The van der Waals surface area contributed by atoms with Gasteiger partial charge >= 0.3 is 0 Å². The van der Waals surface area contributed by atoms with Crippen molar-refractivity contribution in [2.45, 2.75) is 32.2 Å². The molecule has 0 bridgehead atoms. The highest BCUT2D eigenvalue weighted by molar-refractivity contribution is 5.95. The van der Waals surface area contributed by atoms with Crippen LogP contribution in [0.4, 0.5) is 5.69 Å². The van der Waals surface area contributed by atoms with Crippen LogP contribution in [0.15, 0.2) is 60.7 Å². The summed E-state index contributed by atoms with van der Waals surface area (Å²) in [6.45, 7) is 4.46. The fraction of sp³-hybridized carbons (Fsp3) is 0.400. The Balaban J connectivity index is 1.50. The monoisotopic (exact) mass is 418 g/mol. The van der Waals surface area contributed by atoms with E-state index < -0.39 is 0 Å². The van der Waals surface area contributed by atoms with Crippen LogP contribution in [0.3, 0.4) is 0 Å². The molecule has 1 heterocycles. The van der Waals surface area contributed by atoms with Crippen molar-refractivity contribution < 1.29 is 9.59 Å². The highest BCUT2D eigenvalue weighted by atomic mass is 16.2. The Kier molecular flexibility index (Phi) is 8.62. The number of para-hydroxylation sites is 1. The number of benzene rings is 2. The smallest absolute Gasteiger partial charge is 0.227 e. The summed E-state index contributed by atoms with van der Waals surface area (Å²) in [4.78, 5) is 31.5. The summed E-state index contributed by atoms with van der Waals surface area (Å²) in [7, 11) is 0. The van der Waals surface area contributed by atoms with E-state index in [0.717, 1.165) is 38.3 Å². The highest BCUT2D eigenvalue weighted by Gasteiger charge is 2.22. The van der Waals surface area contributed by atoms with E-state index in [-0.39, 0.29) is 31.1 Å². The van der Waals surface area contributed by atoms with Gasteiger partial charge in [-0.05, 0) is 24.1 Å². The minimum absolute atomic E-state index is 0.0307. The van der Waals surface area contributed by atoms with Gasteiger partial charge in [-0.1, -0.05) is 48.5 Å². The Hall–Kier alpha value is -3.17. The average Bonchev–Trinajstić information content (AvgIpc) is 3.05. The summed E-state index contributed by atoms with van der Waals surface area (Å²) in [5.74, 6) is -0.0847. The highest BCUT2D eigenvalue weighted by Crippen LogP contribution is 2.16. The Morgan fingerprint density at radius 3 is 2.32 bits per heavy atom. The molecule has 3 rings (SSSR count). The van der Waals surface area contributed by atoms with Crippen molar-refractivity contribution in [3.05, 3.63) is 66.2 Å². The van der Waals surface area contributed by atoms with E-state index >= 15 is 0 Å². The van der Waals surface area contributed by atoms with Crippen molar-refractivity contribution in [1.29, 1.82) is 5.26 Å². The molecule has 2 aromatic carbocycles. The molecule has 1 aliphatic rings. The molecule has 0 N–H and O–H groups in total. The summed E-state index contributed by atoms with van der Waals surface area (Å²) in [6.07, 6.45) is 1.56. The molecule has 6 nitrogen and oxygen atoms in total. The zero-order valence-corrected chi connectivity index (χ0v) is 17.9. The first-order chi connectivity index (χ1) is 15.2. The maximum absolute atomic E-state index is 12.8. The molecule has 6 heteroatoms. The van der Waals surface area contributed by atoms with Gasteiger partial charge in [0.05, 0.1) is 12.5 Å². The number of carbonyl (C=O) groups excluding carboxylic acids is 2. The van der Waals surface area contributed by atoms with Gasteiger partial charge in [0, 0.05) is 57.8 Å². The maximum Gasteiger partial charge on any atom is 0.227 e. The number of nitriles is 1. The molecule has 0 unspecified atom stereocenters. The molecule has 0 aromatic heterocycles. The van der Waals surface area contributed by atoms with Crippen LogP contribution in [-0.4, -0.2) is 54.3 Å². The Labute approximate surface area is 184 Å². The van der Waals surface area contributed by atoms with E-state index in [9.17, 15) is 9.59 Å². The third-order valence-electron chi connectivity index (χ3n) is 5.56. The minimum Gasteiger partial charge on any atom is -0.341 e. The maximum atomic E-state index is 12.8. The summed E-state index contributed by atoms with van der Waals surface area (Å²) in [5, 5.41) is 8.92. The lowest BCUT2D eigenvalue weighted by atomic mass is 10.2. The normalized spacial score (nSPS) is 14.5. The average molecular weight is 419 g/mol. The Bertz CT molecular complexity index is 879. The summed E-state index contributed by atoms with van der Waals surface area (Å²) >= 11 is 0. The number of hydrogen-bond donors (Lipinski definition) is 0. The van der Waals surface area contributed by atoms with Crippen LogP contribution in [0.5, 0.6) is 0 Å².